The highest BCUT2D eigenvalue weighted by molar-refractivity contribution is 5.48. The standard InChI is InChI=1S/C20H28N4O3/c25-19-22-18(23-27-19)17-7-6-16(14-21-17)26-13-4-3-11-24-12-5-10-20(15-24)8-1-2-9-20/h6-7,14H,1-5,8-13,15H2,(H,22,23,25). The second-order valence-corrected chi connectivity index (χ2v) is 7.97. The van der Waals surface area contributed by atoms with Crippen LogP contribution in [0.3, 0.4) is 0 Å². The Hall–Kier alpha value is -2.15. The number of pyridine rings is 1. The summed E-state index contributed by atoms with van der Waals surface area (Å²) in [5.41, 5.74) is 1.20. The molecule has 1 aliphatic heterocycles. The zero-order valence-electron chi connectivity index (χ0n) is 15.8. The molecule has 2 aromatic heterocycles. The number of rotatable bonds is 7. The lowest BCUT2D eigenvalue weighted by Crippen LogP contribution is -2.42. The van der Waals surface area contributed by atoms with Crippen LogP contribution in [0.15, 0.2) is 27.6 Å². The van der Waals surface area contributed by atoms with Crippen LogP contribution in [-0.4, -0.2) is 46.3 Å². The van der Waals surface area contributed by atoms with Gasteiger partial charge in [-0.3, -0.25) is 9.51 Å². The number of nitrogens with zero attached hydrogens (tertiary/aromatic N) is 3. The van der Waals surface area contributed by atoms with E-state index in [2.05, 4.69) is 24.5 Å². The monoisotopic (exact) mass is 372 g/mol. The fraction of sp³-hybridized carbons (Fsp3) is 0.650. The van der Waals surface area contributed by atoms with Crippen LogP contribution in [-0.2, 0) is 0 Å². The van der Waals surface area contributed by atoms with Gasteiger partial charge in [-0.05, 0) is 69.2 Å². The third-order valence-electron chi connectivity index (χ3n) is 5.96. The number of hydrogen-bond acceptors (Lipinski definition) is 6. The number of piperidine rings is 1. The molecule has 2 aliphatic rings. The Kier molecular flexibility index (Phi) is 5.57. The predicted molar refractivity (Wildman–Crippen MR) is 102 cm³/mol. The van der Waals surface area contributed by atoms with E-state index in [1.54, 1.807) is 12.3 Å². The van der Waals surface area contributed by atoms with Crippen LogP contribution < -0.4 is 10.5 Å². The van der Waals surface area contributed by atoms with Gasteiger partial charge in [-0.15, -0.1) is 0 Å². The molecule has 3 heterocycles. The van der Waals surface area contributed by atoms with Crippen molar-refractivity contribution >= 4 is 0 Å². The van der Waals surface area contributed by atoms with E-state index >= 15 is 0 Å². The average Bonchev–Trinajstić information content (AvgIpc) is 3.31. The van der Waals surface area contributed by atoms with Gasteiger partial charge in [0.1, 0.15) is 11.4 Å². The van der Waals surface area contributed by atoms with Gasteiger partial charge in [0.2, 0.25) is 5.82 Å². The predicted octanol–water partition coefficient (Wildman–Crippen LogP) is 3.24. The Morgan fingerprint density at radius 3 is 2.78 bits per heavy atom. The van der Waals surface area contributed by atoms with E-state index in [4.69, 9.17) is 4.74 Å². The van der Waals surface area contributed by atoms with E-state index < -0.39 is 5.76 Å². The summed E-state index contributed by atoms with van der Waals surface area (Å²) in [5.74, 6) is 0.472. The molecular formula is C20H28N4O3. The number of ether oxygens (including phenoxy) is 1. The summed E-state index contributed by atoms with van der Waals surface area (Å²) >= 11 is 0. The highest BCUT2D eigenvalue weighted by Crippen LogP contribution is 2.44. The van der Waals surface area contributed by atoms with E-state index in [1.807, 2.05) is 6.07 Å². The van der Waals surface area contributed by atoms with E-state index in [9.17, 15) is 4.79 Å². The topological polar surface area (TPSA) is 84.3 Å². The molecule has 0 aromatic carbocycles. The molecule has 1 saturated carbocycles. The molecule has 0 radical (unpaired) electrons. The summed E-state index contributed by atoms with van der Waals surface area (Å²) in [6.07, 6.45) is 12.4. The Bertz CT molecular complexity index is 777. The lowest BCUT2D eigenvalue weighted by atomic mass is 9.78. The van der Waals surface area contributed by atoms with Crippen molar-refractivity contribution in [3.05, 3.63) is 28.9 Å². The number of H-pyrrole nitrogens is 1. The first kappa shape index (κ1) is 18.2. The zero-order chi connectivity index (χ0) is 18.5. The second kappa shape index (κ2) is 8.25. The number of aromatic nitrogens is 3. The van der Waals surface area contributed by atoms with Crippen molar-refractivity contribution in [3.63, 3.8) is 0 Å². The molecule has 0 amide bonds. The van der Waals surface area contributed by atoms with Gasteiger partial charge in [-0.1, -0.05) is 18.0 Å². The first-order valence-electron chi connectivity index (χ1n) is 10.1. The van der Waals surface area contributed by atoms with Gasteiger partial charge in [0.15, 0.2) is 0 Å². The third kappa shape index (κ3) is 4.58. The van der Waals surface area contributed by atoms with Crippen LogP contribution in [0.4, 0.5) is 0 Å². The van der Waals surface area contributed by atoms with E-state index in [-0.39, 0.29) is 0 Å². The molecule has 27 heavy (non-hydrogen) atoms. The molecule has 2 aromatic rings. The number of likely N-dealkylation sites (tertiary alicyclic amines) is 1. The highest BCUT2D eigenvalue weighted by atomic mass is 16.5. The Labute approximate surface area is 159 Å². The maximum Gasteiger partial charge on any atom is 0.439 e. The van der Waals surface area contributed by atoms with Crippen molar-refractivity contribution in [2.45, 2.75) is 51.4 Å². The molecule has 4 rings (SSSR count). The van der Waals surface area contributed by atoms with Crippen LogP contribution in [0.5, 0.6) is 5.75 Å². The molecular weight excluding hydrogens is 344 g/mol. The first-order valence-corrected chi connectivity index (χ1v) is 10.1. The Morgan fingerprint density at radius 2 is 2.04 bits per heavy atom. The first-order chi connectivity index (χ1) is 13.2. The second-order valence-electron chi connectivity index (χ2n) is 7.97. The normalized spacial score (nSPS) is 19.6. The van der Waals surface area contributed by atoms with Crippen molar-refractivity contribution < 1.29 is 9.26 Å². The maximum atomic E-state index is 11.0. The van der Waals surface area contributed by atoms with Crippen molar-refractivity contribution in [1.29, 1.82) is 0 Å². The van der Waals surface area contributed by atoms with Gasteiger partial charge in [0.25, 0.3) is 0 Å². The molecule has 1 N–H and O–H groups in total. The summed E-state index contributed by atoms with van der Waals surface area (Å²) in [7, 11) is 0. The van der Waals surface area contributed by atoms with Gasteiger partial charge in [-0.25, -0.2) is 9.78 Å². The van der Waals surface area contributed by atoms with Gasteiger partial charge >= 0.3 is 5.76 Å². The third-order valence-corrected chi connectivity index (χ3v) is 5.96. The van der Waals surface area contributed by atoms with Gasteiger partial charge in [0, 0.05) is 6.54 Å². The molecule has 7 nitrogen and oxygen atoms in total. The SMILES string of the molecule is O=c1[nH]c(-c2ccc(OCCCCN3CCCC4(CCCC4)C3)cn2)no1. The minimum Gasteiger partial charge on any atom is -0.492 e. The summed E-state index contributed by atoms with van der Waals surface area (Å²) in [6.45, 7) is 4.45. The van der Waals surface area contributed by atoms with E-state index in [0.29, 0.717) is 23.5 Å². The van der Waals surface area contributed by atoms with Crippen molar-refractivity contribution in [2.75, 3.05) is 26.2 Å². The summed E-state index contributed by atoms with van der Waals surface area (Å²) < 4.78 is 10.3. The molecule has 1 aliphatic carbocycles. The summed E-state index contributed by atoms with van der Waals surface area (Å²) in [4.78, 5) is 20.4. The molecule has 1 spiro atoms. The van der Waals surface area contributed by atoms with Crippen LogP contribution >= 0.6 is 0 Å². The van der Waals surface area contributed by atoms with Crippen LogP contribution in [0.1, 0.15) is 51.4 Å². The largest absolute Gasteiger partial charge is 0.492 e. The maximum absolute atomic E-state index is 11.0. The molecule has 1 saturated heterocycles. The van der Waals surface area contributed by atoms with E-state index in [0.717, 1.165) is 12.2 Å². The summed E-state index contributed by atoms with van der Waals surface area (Å²) in [6, 6.07) is 3.60. The fourth-order valence-corrected chi connectivity index (χ4v) is 4.61. The minimum absolute atomic E-state index is 0.327. The summed E-state index contributed by atoms with van der Waals surface area (Å²) in [5, 5.41) is 3.62. The van der Waals surface area contributed by atoms with Crippen LogP contribution in [0.25, 0.3) is 11.5 Å². The van der Waals surface area contributed by atoms with E-state index in [1.165, 1.54) is 64.6 Å². The number of aromatic amines is 1. The number of unbranched alkanes of at least 4 members (excludes halogenated alkanes) is 1. The van der Waals surface area contributed by atoms with Crippen molar-refractivity contribution in [3.8, 4) is 17.3 Å². The minimum atomic E-state index is -0.584. The molecule has 2 fully saturated rings. The molecule has 146 valence electrons. The molecule has 7 heteroatoms. The lowest BCUT2D eigenvalue weighted by Gasteiger charge is -2.40. The molecule has 0 bridgehead atoms. The van der Waals surface area contributed by atoms with Crippen LogP contribution in [0, 0.1) is 5.41 Å². The smallest absolute Gasteiger partial charge is 0.439 e. The quantitative estimate of drug-likeness (QED) is 0.751. The average molecular weight is 372 g/mol. The fourth-order valence-electron chi connectivity index (χ4n) is 4.61. The van der Waals surface area contributed by atoms with Gasteiger partial charge < -0.3 is 9.64 Å². The Balaban J connectivity index is 1.16. The highest BCUT2D eigenvalue weighted by Gasteiger charge is 2.37. The van der Waals surface area contributed by atoms with Crippen molar-refractivity contribution in [2.24, 2.45) is 5.41 Å². The number of nitrogens with one attached hydrogen (secondary N) is 1. The lowest BCUT2D eigenvalue weighted by molar-refractivity contribution is 0.0906. The van der Waals surface area contributed by atoms with Gasteiger partial charge in [0.05, 0.1) is 12.8 Å². The van der Waals surface area contributed by atoms with Crippen LogP contribution in [0.2, 0.25) is 0 Å². The number of hydrogen-bond donors (Lipinski definition) is 1. The zero-order valence-corrected chi connectivity index (χ0v) is 15.8. The Morgan fingerprint density at radius 1 is 1.19 bits per heavy atom. The molecule has 0 unspecified atom stereocenters. The van der Waals surface area contributed by atoms with Crippen molar-refractivity contribution in [1.82, 2.24) is 20.0 Å². The van der Waals surface area contributed by atoms with Gasteiger partial charge in [-0.2, -0.15) is 0 Å². The molecule has 0 atom stereocenters.